The Hall–Kier alpha value is -1.81. The van der Waals surface area contributed by atoms with Gasteiger partial charge in [-0.25, -0.2) is 0 Å². The Morgan fingerprint density at radius 3 is 2.82 bits per heavy atom. The molecular formula is C18H24N2O2. The molecule has 3 rings (SSSR count). The maximum absolute atomic E-state index is 9.33. The molecule has 118 valence electrons. The largest absolute Gasteiger partial charge is 0.496 e. The third-order valence-corrected chi connectivity index (χ3v) is 4.56. The molecule has 4 heteroatoms. The Balaban J connectivity index is 1.80. The van der Waals surface area contributed by atoms with Crippen LogP contribution in [0.1, 0.15) is 37.7 Å². The summed E-state index contributed by atoms with van der Waals surface area (Å²) in [5.41, 5.74) is 2.92. The van der Waals surface area contributed by atoms with Gasteiger partial charge in [-0.2, -0.15) is 5.10 Å². The summed E-state index contributed by atoms with van der Waals surface area (Å²) in [5.74, 6) is 1.57. The minimum Gasteiger partial charge on any atom is -0.496 e. The van der Waals surface area contributed by atoms with Crippen molar-refractivity contribution in [2.24, 2.45) is 5.92 Å². The number of aromatic nitrogens is 2. The van der Waals surface area contributed by atoms with Gasteiger partial charge < -0.3 is 9.84 Å². The van der Waals surface area contributed by atoms with Crippen molar-refractivity contribution in [3.05, 3.63) is 36.2 Å². The van der Waals surface area contributed by atoms with Crippen LogP contribution in [0.2, 0.25) is 0 Å². The van der Waals surface area contributed by atoms with Gasteiger partial charge in [0.05, 0.1) is 19.9 Å². The summed E-state index contributed by atoms with van der Waals surface area (Å²) in [5, 5.41) is 13.8. The lowest BCUT2D eigenvalue weighted by Gasteiger charge is -2.21. The van der Waals surface area contributed by atoms with Crippen LogP contribution in [-0.2, 0) is 13.2 Å². The molecule has 4 nitrogen and oxygen atoms in total. The first-order valence-electron chi connectivity index (χ1n) is 8.10. The molecule has 0 atom stereocenters. The number of rotatable bonds is 5. The van der Waals surface area contributed by atoms with Crippen LogP contribution in [-0.4, -0.2) is 22.0 Å². The van der Waals surface area contributed by atoms with E-state index in [4.69, 9.17) is 4.74 Å². The number of hydrogen-bond acceptors (Lipinski definition) is 3. The van der Waals surface area contributed by atoms with E-state index in [-0.39, 0.29) is 6.61 Å². The molecule has 1 aliphatic carbocycles. The van der Waals surface area contributed by atoms with Gasteiger partial charge in [0, 0.05) is 23.9 Å². The highest BCUT2D eigenvalue weighted by Crippen LogP contribution is 2.31. The Bertz CT molecular complexity index is 615. The van der Waals surface area contributed by atoms with E-state index in [9.17, 15) is 5.11 Å². The molecule has 0 amide bonds. The third-order valence-electron chi connectivity index (χ3n) is 4.56. The van der Waals surface area contributed by atoms with Crippen molar-refractivity contribution in [3.63, 3.8) is 0 Å². The third kappa shape index (κ3) is 3.33. The maximum atomic E-state index is 9.33. The number of aliphatic hydroxyl groups excluding tert-OH is 1. The molecule has 2 aromatic rings. The van der Waals surface area contributed by atoms with E-state index in [1.807, 2.05) is 24.4 Å². The van der Waals surface area contributed by atoms with Gasteiger partial charge in [-0.3, -0.25) is 4.68 Å². The maximum Gasteiger partial charge on any atom is 0.126 e. The van der Waals surface area contributed by atoms with Gasteiger partial charge in [-0.1, -0.05) is 25.3 Å². The molecule has 1 aliphatic rings. The minimum absolute atomic E-state index is 0.0349. The number of benzene rings is 1. The fourth-order valence-corrected chi connectivity index (χ4v) is 3.32. The fraction of sp³-hybridized carbons (Fsp3) is 0.500. The highest BCUT2D eigenvalue weighted by molar-refractivity contribution is 5.70. The zero-order valence-electron chi connectivity index (χ0n) is 13.2. The smallest absolute Gasteiger partial charge is 0.126 e. The fourth-order valence-electron chi connectivity index (χ4n) is 3.32. The number of aliphatic hydroxyl groups is 1. The Labute approximate surface area is 131 Å². The zero-order valence-corrected chi connectivity index (χ0v) is 13.2. The highest BCUT2D eigenvalue weighted by Gasteiger charge is 2.15. The molecule has 1 aromatic carbocycles. The highest BCUT2D eigenvalue weighted by atomic mass is 16.5. The summed E-state index contributed by atoms with van der Waals surface area (Å²) in [4.78, 5) is 0. The van der Waals surface area contributed by atoms with Crippen LogP contribution in [0.15, 0.2) is 30.6 Å². The first-order valence-corrected chi connectivity index (χ1v) is 8.10. The van der Waals surface area contributed by atoms with Crippen LogP contribution in [0.5, 0.6) is 5.75 Å². The molecule has 0 aliphatic heterocycles. The van der Waals surface area contributed by atoms with Gasteiger partial charge in [-0.05, 0) is 36.5 Å². The molecule has 1 fully saturated rings. The summed E-state index contributed by atoms with van der Waals surface area (Å²) < 4.78 is 7.49. The van der Waals surface area contributed by atoms with Crippen LogP contribution in [0.25, 0.3) is 11.1 Å². The predicted molar refractivity (Wildman–Crippen MR) is 86.7 cm³/mol. The number of methoxy groups -OCH3 is 1. The lowest BCUT2D eigenvalue weighted by Crippen LogP contribution is -2.14. The molecule has 1 aromatic heterocycles. The predicted octanol–water partition coefficient (Wildman–Crippen LogP) is 3.63. The average molecular weight is 300 g/mol. The Morgan fingerprint density at radius 1 is 1.27 bits per heavy atom. The zero-order chi connectivity index (χ0) is 15.4. The lowest BCUT2D eigenvalue weighted by atomic mass is 9.89. The van der Waals surface area contributed by atoms with Gasteiger partial charge in [0.25, 0.3) is 0 Å². The number of hydrogen-bond donors (Lipinski definition) is 1. The van der Waals surface area contributed by atoms with E-state index in [1.165, 1.54) is 32.1 Å². The molecule has 1 saturated carbocycles. The summed E-state index contributed by atoms with van der Waals surface area (Å²) in [7, 11) is 1.67. The quantitative estimate of drug-likeness (QED) is 0.917. The van der Waals surface area contributed by atoms with E-state index in [0.717, 1.165) is 34.9 Å². The topological polar surface area (TPSA) is 47.3 Å². The summed E-state index contributed by atoms with van der Waals surface area (Å²) in [6.07, 6.45) is 10.7. The van der Waals surface area contributed by atoms with Crippen molar-refractivity contribution >= 4 is 0 Å². The monoisotopic (exact) mass is 300 g/mol. The van der Waals surface area contributed by atoms with E-state index in [1.54, 1.807) is 7.11 Å². The van der Waals surface area contributed by atoms with Crippen LogP contribution in [0.3, 0.4) is 0 Å². The van der Waals surface area contributed by atoms with Crippen molar-refractivity contribution < 1.29 is 9.84 Å². The van der Waals surface area contributed by atoms with Gasteiger partial charge >= 0.3 is 0 Å². The van der Waals surface area contributed by atoms with Gasteiger partial charge in [0.1, 0.15) is 5.75 Å². The summed E-state index contributed by atoms with van der Waals surface area (Å²) in [6.45, 7) is 1.04. The van der Waals surface area contributed by atoms with Crippen molar-refractivity contribution in [2.75, 3.05) is 7.11 Å². The normalized spacial score (nSPS) is 15.9. The first kappa shape index (κ1) is 15.1. The van der Waals surface area contributed by atoms with E-state index < -0.39 is 0 Å². The molecule has 1 N–H and O–H groups in total. The molecule has 1 heterocycles. The van der Waals surface area contributed by atoms with Gasteiger partial charge in [0.2, 0.25) is 0 Å². The first-order chi connectivity index (χ1) is 10.8. The second-order valence-corrected chi connectivity index (χ2v) is 6.15. The van der Waals surface area contributed by atoms with Crippen LogP contribution >= 0.6 is 0 Å². The average Bonchev–Trinajstić information content (AvgIpc) is 3.03. The van der Waals surface area contributed by atoms with Crippen molar-refractivity contribution in [1.82, 2.24) is 9.78 Å². The van der Waals surface area contributed by atoms with Gasteiger partial charge in [0.15, 0.2) is 0 Å². The van der Waals surface area contributed by atoms with Gasteiger partial charge in [-0.15, -0.1) is 0 Å². The SMILES string of the molecule is COc1ccc(CO)cc1-c1cnn(CC2CCCCC2)c1. The van der Waals surface area contributed by atoms with E-state index in [2.05, 4.69) is 16.0 Å². The molecule has 0 saturated heterocycles. The van der Waals surface area contributed by atoms with Crippen molar-refractivity contribution in [3.8, 4) is 16.9 Å². The van der Waals surface area contributed by atoms with Crippen LogP contribution in [0, 0.1) is 5.92 Å². The summed E-state index contributed by atoms with van der Waals surface area (Å²) in [6, 6.07) is 5.76. The Kier molecular flexibility index (Phi) is 4.78. The molecule has 0 unspecified atom stereocenters. The number of ether oxygens (including phenoxy) is 1. The molecule has 0 bridgehead atoms. The second kappa shape index (κ2) is 6.97. The molecule has 22 heavy (non-hydrogen) atoms. The Morgan fingerprint density at radius 2 is 2.09 bits per heavy atom. The second-order valence-electron chi connectivity index (χ2n) is 6.15. The number of nitrogens with zero attached hydrogens (tertiary/aromatic N) is 2. The molecule has 0 spiro atoms. The standard InChI is InChI=1S/C18H24N2O2/c1-22-18-8-7-15(13-21)9-17(18)16-10-19-20(12-16)11-14-5-3-2-4-6-14/h7-10,12,14,21H,2-6,11,13H2,1H3. The van der Waals surface area contributed by atoms with Crippen molar-refractivity contribution in [2.45, 2.75) is 45.3 Å². The van der Waals surface area contributed by atoms with Crippen LogP contribution in [0.4, 0.5) is 0 Å². The van der Waals surface area contributed by atoms with E-state index >= 15 is 0 Å². The van der Waals surface area contributed by atoms with Crippen molar-refractivity contribution in [1.29, 1.82) is 0 Å². The van der Waals surface area contributed by atoms with E-state index in [0.29, 0.717) is 0 Å². The summed E-state index contributed by atoms with van der Waals surface area (Å²) >= 11 is 0. The molecule has 0 radical (unpaired) electrons. The lowest BCUT2D eigenvalue weighted by molar-refractivity contribution is 0.281. The van der Waals surface area contributed by atoms with Crippen LogP contribution < -0.4 is 4.74 Å². The molecular weight excluding hydrogens is 276 g/mol. The minimum atomic E-state index is 0.0349.